The van der Waals surface area contributed by atoms with Gasteiger partial charge in [-0.2, -0.15) is 0 Å². The standard InChI is InChI=1S/C17H26FNO2S/c1-3-4-11-22(20)19-13(2)15-7-8-16(18)17(12-15)21-10-9-14-5-6-14/h7-8,12-14,19H,3-6,9-11H2,1-2H3/t13-,22?/m0/s1. The minimum absolute atomic E-state index is 0.0935. The van der Waals surface area contributed by atoms with E-state index in [4.69, 9.17) is 4.74 Å². The largest absolute Gasteiger partial charge is 0.598 e. The van der Waals surface area contributed by atoms with Gasteiger partial charge in [0.05, 0.1) is 12.6 Å². The van der Waals surface area contributed by atoms with Crippen LogP contribution in [0.5, 0.6) is 5.75 Å². The van der Waals surface area contributed by atoms with E-state index in [1.54, 1.807) is 12.1 Å². The van der Waals surface area contributed by atoms with E-state index in [-0.39, 0.29) is 11.9 Å². The quantitative estimate of drug-likeness (QED) is 0.658. The summed E-state index contributed by atoms with van der Waals surface area (Å²) in [5, 5.41) is 0. The highest BCUT2D eigenvalue weighted by Gasteiger charge is 2.21. The maximum Gasteiger partial charge on any atom is 0.165 e. The Balaban J connectivity index is 1.88. The molecule has 0 radical (unpaired) electrons. The molecule has 0 saturated heterocycles. The average molecular weight is 327 g/mol. The molecule has 22 heavy (non-hydrogen) atoms. The third-order valence-electron chi connectivity index (χ3n) is 3.93. The number of rotatable bonds is 10. The zero-order valence-corrected chi connectivity index (χ0v) is 14.3. The lowest BCUT2D eigenvalue weighted by Gasteiger charge is -2.18. The Morgan fingerprint density at radius 2 is 2.23 bits per heavy atom. The van der Waals surface area contributed by atoms with Crippen molar-refractivity contribution in [2.24, 2.45) is 5.92 Å². The fourth-order valence-electron chi connectivity index (χ4n) is 2.24. The summed E-state index contributed by atoms with van der Waals surface area (Å²) in [6.07, 6.45) is 5.51. The predicted molar refractivity (Wildman–Crippen MR) is 88.7 cm³/mol. The molecule has 1 aliphatic carbocycles. The number of hydrogen-bond acceptors (Lipinski definition) is 3. The summed E-state index contributed by atoms with van der Waals surface area (Å²) in [6.45, 7) is 4.58. The SMILES string of the molecule is CCCC[S+]([O-])N[C@@H](C)c1ccc(F)c(OCCC2CC2)c1. The molecule has 2 atom stereocenters. The lowest BCUT2D eigenvalue weighted by atomic mass is 10.1. The van der Waals surface area contributed by atoms with Gasteiger partial charge in [0, 0.05) is 11.4 Å². The van der Waals surface area contributed by atoms with Gasteiger partial charge in [-0.3, -0.25) is 0 Å². The van der Waals surface area contributed by atoms with E-state index in [1.807, 2.05) is 6.92 Å². The van der Waals surface area contributed by atoms with Crippen molar-refractivity contribution in [3.63, 3.8) is 0 Å². The first-order chi connectivity index (χ1) is 10.6. The number of halogens is 1. The molecule has 124 valence electrons. The van der Waals surface area contributed by atoms with Crippen LogP contribution in [0.15, 0.2) is 18.2 Å². The molecular formula is C17H26FNO2S. The van der Waals surface area contributed by atoms with Crippen LogP contribution in [0.2, 0.25) is 0 Å². The Morgan fingerprint density at radius 3 is 2.91 bits per heavy atom. The molecule has 5 heteroatoms. The monoisotopic (exact) mass is 327 g/mol. The Labute approximate surface area is 135 Å². The lowest BCUT2D eigenvalue weighted by molar-refractivity contribution is 0.287. The summed E-state index contributed by atoms with van der Waals surface area (Å²) >= 11 is -1.05. The van der Waals surface area contributed by atoms with Crippen LogP contribution in [0.3, 0.4) is 0 Å². The fraction of sp³-hybridized carbons (Fsp3) is 0.647. The molecule has 0 spiro atoms. The first-order valence-electron chi connectivity index (χ1n) is 8.17. The normalized spacial score (nSPS) is 17.3. The van der Waals surface area contributed by atoms with Gasteiger partial charge in [0.1, 0.15) is 5.75 Å². The summed E-state index contributed by atoms with van der Waals surface area (Å²) in [5.41, 5.74) is 0.896. The molecule has 1 fully saturated rings. The predicted octanol–water partition coefficient (Wildman–Crippen LogP) is 4.12. The summed E-state index contributed by atoms with van der Waals surface area (Å²) in [7, 11) is 0. The van der Waals surface area contributed by atoms with E-state index >= 15 is 0 Å². The number of nitrogens with one attached hydrogen (secondary N) is 1. The van der Waals surface area contributed by atoms with Gasteiger partial charge in [0.2, 0.25) is 0 Å². The van der Waals surface area contributed by atoms with E-state index in [0.717, 1.165) is 30.7 Å². The van der Waals surface area contributed by atoms with Crippen LogP contribution < -0.4 is 9.46 Å². The van der Waals surface area contributed by atoms with Crippen LogP contribution >= 0.6 is 0 Å². The zero-order chi connectivity index (χ0) is 15.9. The van der Waals surface area contributed by atoms with Gasteiger partial charge in [-0.15, -0.1) is 4.72 Å². The molecule has 1 saturated carbocycles. The Hall–Kier alpha value is -0.780. The molecular weight excluding hydrogens is 301 g/mol. The van der Waals surface area contributed by atoms with Crippen molar-refractivity contribution in [1.82, 2.24) is 4.72 Å². The molecule has 0 heterocycles. The van der Waals surface area contributed by atoms with Crippen LogP contribution in [-0.2, 0) is 11.4 Å². The lowest BCUT2D eigenvalue weighted by Crippen LogP contribution is -2.29. The molecule has 1 aromatic carbocycles. The van der Waals surface area contributed by atoms with Gasteiger partial charge in [0.25, 0.3) is 0 Å². The second-order valence-corrected chi connectivity index (χ2v) is 7.35. The smallest absolute Gasteiger partial charge is 0.165 e. The van der Waals surface area contributed by atoms with Gasteiger partial charge < -0.3 is 9.29 Å². The van der Waals surface area contributed by atoms with Crippen LogP contribution in [0, 0.1) is 11.7 Å². The van der Waals surface area contributed by atoms with Gasteiger partial charge in [-0.25, -0.2) is 4.39 Å². The maximum absolute atomic E-state index is 13.8. The Morgan fingerprint density at radius 1 is 1.45 bits per heavy atom. The summed E-state index contributed by atoms with van der Waals surface area (Å²) in [4.78, 5) is 0. The van der Waals surface area contributed by atoms with E-state index in [2.05, 4.69) is 11.6 Å². The van der Waals surface area contributed by atoms with E-state index in [0.29, 0.717) is 18.1 Å². The summed E-state index contributed by atoms with van der Waals surface area (Å²) in [6, 6.07) is 4.77. The molecule has 0 bridgehead atoms. The molecule has 3 nitrogen and oxygen atoms in total. The average Bonchev–Trinajstić information content (AvgIpc) is 3.31. The fourth-order valence-corrected chi connectivity index (χ4v) is 3.44. The van der Waals surface area contributed by atoms with Crippen LogP contribution in [0.4, 0.5) is 4.39 Å². The molecule has 1 N–H and O–H groups in total. The second kappa shape index (κ2) is 8.75. The van der Waals surface area contributed by atoms with Gasteiger partial charge in [-0.1, -0.05) is 32.3 Å². The highest BCUT2D eigenvalue weighted by molar-refractivity contribution is 7.89. The van der Waals surface area contributed by atoms with E-state index < -0.39 is 11.4 Å². The molecule has 0 amide bonds. The molecule has 1 aliphatic rings. The molecule has 0 aromatic heterocycles. The van der Waals surface area contributed by atoms with Crippen molar-refractivity contribution in [3.05, 3.63) is 29.6 Å². The van der Waals surface area contributed by atoms with Crippen molar-refractivity contribution >= 4 is 11.4 Å². The molecule has 1 aromatic rings. The van der Waals surface area contributed by atoms with Crippen molar-refractivity contribution in [1.29, 1.82) is 0 Å². The van der Waals surface area contributed by atoms with Crippen molar-refractivity contribution in [2.45, 2.75) is 52.0 Å². The summed E-state index contributed by atoms with van der Waals surface area (Å²) < 4.78 is 34.3. The van der Waals surface area contributed by atoms with Crippen LogP contribution in [0.25, 0.3) is 0 Å². The number of benzene rings is 1. The van der Waals surface area contributed by atoms with Gasteiger partial charge >= 0.3 is 0 Å². The minimum atomic E-state index is -1.05. The third kappa shape index (κ3) is 5.78. The minimum Gasteiger partial charge on any atom is -0.598 e. The zero-order valence-electron chi connectivity index (χ0n) is 13.4. The second-order valence-electron chi connectivity index (χ2n) is 6.01. The maximum atomic E-state index is 13.8. The van der Waals surface area contributed by atoms with Crippen molar-refractivity contribution in [3.8, 4) is 5.75 Å². The first kappa shape index (κ1) is 17.6. The van der Waals surface area contributed by atoms with Crippen molar-refractivity contribution in [2.75, 3.05) is 12.4 Å². The van der Waals surface area contributed by atoms with Gasteiger partial charge in [0.15, 0.2) is 11.6 Å². The number of unbranched alkanes of at least 4 members (excludes halogenated alkanes) is 1. The van der Waals surface area contributed by atoms with Gasteiger partial charge in [-0.05, 0) is 43.4 Å². The van der Waals surface area contributed by atoms with E-state index in [1.165, 1.54) is 18.9 Å². The van der Waals surface area contributed by atoms with Crippen LogP contribution in [-0.4, -0.2) is 16.9 Å². The summed E-state index contributed by atoms with van der Waals surface area (Å²) in [5.74, 6) is 1.38. The molecule has 1 unspecified atom stereocenters. The highest BCUT2D eigenvalue weighted by atomic mass is 32.2. The number of ether oxygens (including phenoxy) is 1. The molecule has 0 aliphatic heterocycles. The Kier molecular flexibility index (Phi) is 6.99. The van der Waals surface area contributed by atoms with Crippen molar-refractivity contribution < 1.29 is 13.7 Å². The topological polar surface area (TPSA) is 44.3 Å². The Bertz CT molecular complexity index is 468. The first-order valence-corrected chi connectivity index (χ1v) is 9.48. The van der Waals surface area contributed by atoms with E-state index in [9.17, 15) is 8.94 Å². The number of hydrogen-bond donors (Lipinski definition) is 1. The van der Waals surface area contributed by atoms with Crippen LogP contribution in [0.1, 0.15) is 57.6 Å². The molecule has 2 rings (SSSR count). The highest BCUT2D eigenvalue weighted by Crippen LogP contribution is 2.32. The third-order valence-corrected chi connectivity index (χ3v) is 5.20.